The van der Waals surface area contributed by atoms with Gasteiger partial charge >= 0.3 is 0 Å². The Kier molecular flexibility index (Phi) is 9.45. The molecule has 3 saturated heterocycles. The summed E-state index contributed by atoms with van der Waals surface area (Å²) in [4.78, 5) is 17.0. The lowest BCUT2D eigenvalue weighted by atomic mass is 10.1. The van der Waals surface area contributed by atoms with Gasteiger partial charge in [0.25, 0.3) is 0 Å². The standard InChI is InChI=1S/C22H36N6O.HI/c1-2-23-22(28-11-7-20(18-28)26-12-14-29-15-13-26)25-17-19-6-8-24-21(16-19)27-9-4-3-5-10-27;/h6,8,16,20H,2-5,7,9-15,17-18H2,1H3,(H,23,25);1H. The molecule has 0 aliphatic carbocycles. The van der Waals surface area contributed by atoms with Gasteiger partial charge in [0.2, 0.25) is 0 Å². The van der Waals surface area contributed by atoms with Crippen molar-refractivity contribution in [3.8, 4) is 0 Å². The van der Waals surface area contributed by atoms with E-state index in [4.69, 9.17) is 9.73 Å². The second-order valence-electron chi connectivity index (χ2n) is 8.28. The molecule has 1 aromatic rings. The van der Waals surface area contributed by atoms with Crippen LogP contribution in [0.1, 0.15) is 38.2 Å². The van der Waals surface area contributed by atoms with E-state index in [1.165, 1.54) is 31.2 Å². The molecule has 30 heavy (non-hydrogen) atoms. The summed E-state index contributed by atoms with van der Waals surface area (Å²) in [6, 6.07) is 4.94. The van der Waals surface area contributed by atoms with Crippen molar-refractivity contribution in [3.05, 3.63) is 23.9 Å². The molecule has 1 unspecified atom stereocenters. The van der Waals surface area contributed by atoms with Gasteiger partial charge in [-0.2, -0.15) is 0 Å². The SMILES string of the molecule is CCNC(=NCc1ccnc(N2CCCCC2)c1)N1CCC(N2CCOCC2)C1.I. The molecule has 0 bridgehead atoms. The third-order valence-electron chi connectivity index (χ3n) is 6.26. The second-order valence-corrected chi connectivity index (χ2v) is 8.28. The molecule has 4 heterocycles. The highest BCUT2D eigenvalue weighted by atomic mass is 127. The molecule has 0 saturated carbocycles. The van der Waals surface area contributed by atoms with Crippen LogP contribution in [-0.4, -0.2) is 85.8 Å². The molecule has 7 nitrogen and oxygen atoms in total. The largest absolute Gasteiger partial charge is 0.379 e. The number of ether oxygens (including phenoxy) is 1. The molecule has 168 valence electrons. The van der Waals surface area contributed by atoms with Crippen molar-refractivity contribution in [2.45, 2.75) is 45.2 Å². The lowest BCUT2D eigenvalue weighted by molar-refractivity contribution is 0.0195. The van der Waals surface area contributed by atoms with Crippen molar-refractivity contribution in [2.75, 3.05) is 63.9 Å². The van der Waals surface area contributed by atoms with Crippen LogP contribution in [0.5, 0.6) is 0 Å². The molecule has 1 N–H and O–H groups in total. The van der Waals surface area contributed by atoms with Crippen molar-refractivity contribution in [1.82, 2.24) is 20.1 Å². The van der Waals surface area contributed by atoms with E-state index in [1.807, 2.05) is 6.20 Å². The van der Waals surface area contributed by atoms with Crippen molar-refractivity contribution < 1.29 is 4.74 Å². The number of anilines is 1. The van der Waals surface area contributed by atoms with E-state index in [9.17, 15) is 0 Å². The fourth-order valence-electron chi connectivity index (χ4n) is 4.62. The number of guanidine groups is 1. The molecule has 1 aromatic heterocycles. The maximum atomic E-state index is 5.51. The second kappa shape index (κ2) is 12.0. The number of hydrogen-bond acceptors (Lipinski definition) is 5. The number of piperidine rings is 1. The molecule has 3 aliphatic heterocycles. The number of likely N-dealkylation sites (tertiary alicyclic amines) is 1. The normalized spacial score (nSPS) is 23.4. The number of rotatable bonds is 5. The Balaban J connectivity index is 0.00000256. The molecule has 8 heteroatoms. The molecule has 0 radical (unpaired) electrons. The zero-order chi connectivity index (χ0) is 19.9. The number of halogens is 1. The molecule has 4 rings (SSSR count). The highest BCUT2D eigenvalue weighted by molar-refractivity contribution is 14.0. The van der Waals surface area contributed by atoms with Gasteiger partial charge in [-0.1, -0.05) is 0 Å². The van der Waals surface area contributed by atoms with Gasteiger partial charge in [-0.3, -0.25) is 4.90 Å². The van der Waals surface area contributed by atoms with Gasteiger partial charge in [0.1, 0.15) is 5.82 Å². The Morgan fingerprint density at radius 2 is 1.97 bits per heavy atom. The Hall–Kier alpha value is -1.13. The summed E-state index contributed by atoms with van der Waals surface area (Å²) in [5.41, 5.74) is 1.24. The monoisotopic (exact) mass is 528 g/mol. The van der Waals surface area contributed by atoms with Crippen molar-refractivity contribution in [1.29, 1.82) is 0 Å². The quantitative estimate of drug-likeness (QED) is 0.360. The molecular weight excluding hydrogens is 491 g/mol. The van der Waals surface area contributed by atoms with Crippen LogP contribution in [0.4, 0.5) is 5.82 Å². The van der Waals surface area contributed by atoms with Crippen LogP contribution < -0.4 is 10.2 Å². The highest BCUT2D eigenvalue weighted by Gasteiger charge is 2.30. The number of aromatic nitrogens is 1. The fraction of sp³-hybridized carbons (Fsp3) is 0.727. The maximum Gasteiger partial charge on any atom is 0.194 e. The number of hydrogen-bond donors (Lipinski definition) is 1. The van der Waals surface area contributed by atoms with Crippen LogP contribution in [0, 0.1) is 0 Å². The van der Waals surface area contributed by atoms with Crippen LogP contribution in [0.2, 0.25) is 0 Å². The Morgan fingerprint density at radius 1 is 1.17 bits per heavy atom. The molecule has 0 spiro atoms. The van der Waals surface area contributed by atoms with Crippen LogP contribution in [0.15, 0.2) is 23.3 Å². The summed E-state index contributed by atoms with van der Waals surface area (Å²) in [6.45, 7) is 12.0. The molecule has 0 amide bonds. The van der Waals surface area contributed by atoms with Crippen LogP contribution in [0.25, 0.3) is 0 Å². The number of pyridine rings is 1. The molecular formula is C22H37IN6O. The third kappa shape index (κ3) is 6.20. The summed E-state index contributed by atoms with van der Waals surface area (Å²) in [5, 5.41) is 3.50. The van der Waals surface area contributed by atoms with Gasteiger partial charge in [-0.25, -0.2) is 9.98 Å². The molecule has 0 aromatic carbocycles. The lowest BCUT2D eigenvalue weighted by Gasteiger charge is -2.32. The first-order valence-electron chi connectivity index (χ1n) is 11.4. The Bertz CT molecular complexity index is 675. The van der Waals surface area contributed by atoms with Gasteiger partial charge < -0.3 is 19.9 Å². The molecule has 1 atom stereocenters. The predicted octanol–water partition coefficient (Wildman–Crippen LogP) is 2.56. The first-order chi connectivity index (χ1) is 14.3. The summed E-state index contributed by atoms with van der Waals surface area (Å²) >= 11 is 0. The summed E-state index contributed by atoms with van der Waals surface area (Å²) < 4.78 is 5.51. The zero-order valence-electron chi connectivity index (χ0n) is 18.3. The van der Waals surface area contributed by atoms with Gasteiger partial charge in [0, 0.05) is 58.1 Å². The number of morpholine rings is 1. The number of nitrogens with one attached hydrogen (secondary N) is 1. The average Bonchev–Trinajstić information content (AvgIpc) is 3.28. The molecule has 3 aliphatic rings. The zero-order valence-corrected chi connectivity index (χ0v) is 20.6. The Labute approximate surface area is 198 Å². The first kappa shape index (κ1) is 23.5. The third-order valence-corrected chi connectivity index (χ3v) is 6.26. The van der Waals surface area contributed by atoms with Gasteiger partial charge in [-0.05, 0) is 50.3 Å². The predicted molar refractivity (Wildman–Crippen MR) is 133 cm³/mol. The van der Waals surface area contributed by atoms with Crippen LogP contribution in [0.3, 0.4) is 0 Å². The van der Waals surface area contributed by atoms with Crippen LogP contribution >= 0.6 is 24.0 Å². The number of nitrogens with zero attached hydrogens (tertiary/aromatic N) is 5. The minimum absolute atomic E-state index is 0. The maximum absolute atomic E-state index is 5.51. The van der Waals surface area contributed by atoms with E-state index >= 15 is 0 Å². The van der Waals surface area contributed by atoms with E-state index in [1.54, 1.807) is 0 Å². The lowest BCUT2D eigenvalue weighted by Crippen LogP contribution is -2.46. The first-order valence-corrected chi connectivity index (χ1v) is 11.4. The van der Waals surface area contributed by atoms with Crippen molar-refractivity contribution in [3.63, 3.8) is 0 Å². The van der Waals surface area contributed by atoms with Gasteiger partial charge in [-0.15, -0.1) is 24.0 Å². The van der Waals surface area contributed by atoms with E-state index in [-0.39, 0.29) is 24.0 Å². The summed E-state index contributed by atoms with van der Waals surface area (Å²) in [6.07, 6.45) is 7.03. The van der Waals surface area contributed by atoms with E-state index < -0.39 is 0 Å². The van der Waals surface area contributed by atoms with Crippen molar-refractivity contribution >= 4 is 35.8 Å². The summed E-state index contributed by atoms with van der Waals surface area (Å²) in [7, 11) is 0. The van der Waals surface area contributed by atoms with Crippen LogP contribution in [-0.2, 0) is 11.3 Å². The minimum Gasteiger partial charge on any atom is -0.379 e. The smallest absolute Gasteiger partial charge is 0.194 e. The summed E-state index contributed by atoms with van der Waals surface area (Å²) in [5.74, 6) is 2.15. The van der Waals surface area contributed by atoms with Gasteiger partial charge in [0.15, 0.2) is 5.96 Å². The van der Waals surface area contributed by atoms with Crippen molar-refractivity contribution in [2.24, 2.45) is 4.99 Å². The Morgan fingerprint density at radius 3 is 2.73 bits per heavy atom. The highest BCUT2D eigenvalue weighted by Crippen LogP contribution is 2.20. The van der Waals surface area contributed by atoms with E-state index in [2.05, 4.69) is 44.1 Å². The van der Waals surface area contributed by atoms with Gasteiger partial charge in [0.05, 0.1) is 19.8 Å². The average molecular weight is 528 g/mol. The topological polar surface area (TPSA) is 56.2 Å². The fourth-order valence-corrected chi connectivity index (χ4v) is 4.62. The molecule has 3 fully saturated rings. The van der Waals surface area contributed by atoms with E-state index in [0.717, 1.165) is 70.8 Å². The van der Waals surface area contributed by atoms with E-state index in [0.29, 0.717) is 12.6 Å². The number of aliphatic imine (C=N–C) groups is 1. The minimum atomic E-state index is 0.